The second-order valence-corrected chi connectivity index (χ2v) is 4.10. The number of rotatable bonds is 8. The minimum atomic E-state index is -0.395. The molecule has 2 N–H and O–H groups in total. The van der Waals surface area contributed by atoms with Gasteiger partial charge in [-0.15, -0.1) is 11.6 Å². The van der Waals surface area contributed by atoms with Crippen molar-refractivity contribution in [2.75, 3.05) is 39.6 Å². The van der Waals surface area contributed by atoms with Crippen LogP contribution in [0.4, 0.5) is 0 Å². The first-order valence-corrected chi connectivity index (χ1v) is 5.97. The highest BCUT2D eigenvalue weighted by molar-refractivity contribution is 6.18. The summed E-state index contributed by atoms with van der Waals surface area (Å²) in [5, 5.41) is 14.3. The van der Waals surface area contributed by atoms with Crippen LogP contribution in [-0.4, -0.2) is 50.4 Å². The van der Waals surface area contributed by atoms with Crippen molar-refractivity contribution in [2.24, 2.45) is 0 Å². The molecular formula is C11H19ClN4O. The Kier molecular flexibility index (Phi) is 9.21. The van der Waals surface area contributed by atoms with Gasteiger partial charge in [0, 0.05) is 25.2 Å². The zero-order chi connectivity index (χ0) is 13.1. The molecule has 0 aliphatic carbocycles. The molecule has 0 aliphatic rings. The largest absolute Gasteiger partial charge is 0.390 e. The maximum absolute atomic E-state index is 11.4. The van der Waals surface area contributed by atoms with Crippen LogP contribution in [-0.2, 0) is 4.79 Å². The summed E-state index contributed by atoms with van der Waals surface area (Å²) in [6.45, 7) is 2.05. The van der Waals surface area contributed by atoms with Gasteiger partial charge in [-0.2, -0.15) is 5.26 Å². The normalized spacial score (nSPS) is 11.1. The van der Waals surface area contributed by atoms with Crippen LogP contribution in [0.3, 0.4) is 0 Å². The number of hydrogen-bond donors (Lipinski definition) is 2. The van der Waals surface area contributed by atoms with Crippen molar-refractivity contribution >= 4 is 17.5 Å². The summed E-state index contributed by atoms with van der Waals surface area (Å²) in [6, 6.07) is 1.84. The van der Waals surface area contributed by atoms with Crippen LogP contribution in [0.25, 0.3) is 0 Å². The summed E-state index contributed by atoms with van der Waals surface area (Å²) in [4.78, 5) is 13.5. The van der Waals surface area contributed by atoms with E-state index in [0.29, 0.717) is 12.4 Å². The first-order chi connectivity index (χ1) is 8.11. The van der Waals surface area contributed by atoms with Crippen molar-refractivity contribution in [2.45, 2.75) is 6.42 Å². The molecule has 0 saturated heterocycles. The Morgan fingerprint density at radius 1 is 1.47 bits per heavy atom. The Labute approximate surface area is 107 Å². The number of nitriles is 1. The van der Waals surface area contributed by atoms with Gasteiger partial charge in [0.25, 0.3) is 5.91 Å². The third kappa shape index (κ3) is 8.55. The van der Waals surface area contributed by atoms with Gasteiger partial charge in [0.15, 0.2) is 0 Å². The second-order valence-electron chi connectivity index (χ2n) is 3.73. The topological polar surface area (TPSA) is 68.2 Å². The van der Waals surface area contributed by atoms with Crippen molar-refractivity contribution in [3.63, 3.8) is 0 Å². The van der Waals surface area contributed by atoms with E-state index in [0.717, 1.165) is 19.5 Å². The first kappa shape index (κ1) is 15.8. The number of alkyl halides is 1. The molecule has 0 aromatic rings. The van der Waals surface area contributed by atoms with Gasteiger partial charge in [-0.3, -0.25) is 4.79 Å². The van der Waals surface area contributed by atoms with Crippen LogP contribution in [0.5, 0.6) is 0 Å². The van der Waals surface area contributed by atoms with Gasteiger partial charge in [-0.05, 0) is 27.1 Å². The third-order valence-electron chi connectivity index (χ3n) is 1.92. The lowest BCUT2D eigenvalue weighted by atomic mass is 10.3. The molecule has 0 rings (SSSR count). The SMILES string of the molecule is CN(C)CCCN/C=C(/C#N)C(=O)NCCCl. The molecule has 96 valence electrons. The molecule has 0 saturated carbocycles. The highest BCUT2D eigenvalue weighted by Crippen LogP contribution is 1.90. The molecule has 0 heterocycles. The summed E-state index contributed by atoms with van der Waals surface area (Å²) in [5.41, 5.74) is 0.0694. The fourth-order valence-corrected chi connectivity index (χ4v) is 1.17. The number of amides is 1. The number of carbonyl (C=O) groups excluding carboxylic acids is 1. The lowest BCUT2D eigenvalue weighted by molar-refractivity contribution is -0.117. The number of nitrogens with zero attached hydrogens (tertiary/aromatic N) is 2. The lowest BCUT2D eigenvalue weighted by Crippen LogP contribution is -2.27. The molecule has 0 bridgehead atoms. The molecule has 0 fully saturated rings. The lowest BCUT2D eigenvalue weighted by Gasteiger charge is -2.08. The van der Waals surface area contributed by atoms with Crippen LogP contribution in [0, 0.1) is 11.3 Å². The van der Waals surface area contributed by atoms with Crippen LogP contribution in [0.15, 0.2) is 11.8 Å². The minimum Gasteiger partial charge on any atom is -0.390 e. The van der Waals surface area contributed by atoms with Gasteiger partial charge in [0.2, 0.25) is 0 Å². The van der Waals surface area contributed by atoms with Gasteiger partial charge in [-0.25, -0.2) is 0 Å². The van der Waals surface area contributed by atoms with E-state index in [1.54, 1.807) is 0 Å². The van der Waals surface area contributed by atoms with E-state index in [1.165, 1.54) is 6.20 Å². The molecule has 1 amide bonds. The van der Waals surface area contributed by atoms with E-state index in [1.807, 2.05) is 20.2 Å². The number of nitrogens with one attached hydrogen (secondary N) is 2. The molecule has 0 radical (unpaired) electrons. The van der Waals surface area contributed by atoms with Crippen molar-refractivity contribution in [1.82, 2.24) is 15.5 Å². The molecular weight excluding hydrogens is 240 g/mol. The molecule has 0 aliphatic heterocycles. The predicted molar refractivity (Wildman–Crippen MR) is 68.6 cm³/mol. The summed E-state index contributed by atoms with van der Waals surface area (Å²) in [6.07, 6.45) is 2.39. The van der Waals surface area contributed by atoms with Crippen LogP contribution >= 0.6 is 11.6 Å². The number of halogens is 1. The Hall–Kier alpha value is -1.25. The van der Waals surface area contributed by atoms with Crippen LogP contribution < -0.4 is 10.6 Å². The van der Waals surface area contributed by atoms with E-state index in [4.69, 9.17) is 16.9 Å². The van der Waals surface area contributed by atoms with E-state index in [9.17, 15) is 4.79 Å². The minimum absolute atomic E-state index is 0.0694. The predicted octanol–water partition coefficient (Wildman–Crippen LogP) is 0.290. The highest BCUT2D eigenvalue weighted by Gasteiger charge is 2.06. The van der Waals surface area contributed by atoms with Crippen molar-refractivity contribution < 1.29 is 4.79 Å². The third-order valence-corrected chi connectivity index (χ3v) is 2.11. The fourth-order valence-electron chi connectivity index (χ4n) is 1.08. The molecule has 6 heteroatoms. The first-order valence-electron chi connectivity index (χ1n) is 5.44. The number of carbonyl (C=O) groups is 1. The van der Waals surface area contributed by atoms with Gasteiger partial charge < -0.3 is 15.5 Å². The highest BCUT2D eigenvalue weighted by atomic mass is 35.5. The smallest absolute Gasteiger partial charge is 0.263 e. The van der Waals surface area contributed by atoms with E-state index in [-0.39, 0.29) is 5.57 Å². The maximum Gasteiger partial charge on any atom is 0.263 e. The van der Waals surface area contributed by atoms with Gasteiger partial charge in [0.05, 0.1) is 0 Å². The maximum atomic E-state index is 11.4. The van der Waals surface area contributed by atoms with E-state index >= 15 is 0 Å². The Morgan fingerprint density at radius 3 is 2.71 bits per heavy atom. The monoisotopic (exact) mass is 258 g/mol. The average Bonchev–Trinajstić information content (AvgIpc) is 2.30. The van der Waals surface area contributed by atoms with Crippen molar-refractivity contribution in [3.8, 4) is 6.07 Å². The Balaban J connectivity index is 3.93. The second kappa shape index (κ2) is 9.94. The summed E-state index contributed by atoms with van der Waals surface area (Å²) in [5.74, 6) is -0.0611. The van der Waals surface area contributed by atoms with Crippen molar-refractivity contribution in [1.29, 1.82) is 5.26 Å². The van der Waals surface area contributed by atoms with Crippen LogP contribution in [0.1, 0.15) is 6.42 Å². The summed E-state index contributed by atoms with van der Waals surface area (Å²) in [7, 11) is 3.99. The zero-order valence-corrected chi connectivity index (χ0v) is 11.0. The molecule has 5 nitrogen and oxygen atoms in total. The Bertz CT molecular complexity index is 296. The quantitative estimate of drug-likeness (QED) is 0.284. The summed E-state index contributed by atoms with van der Waals surface area (Å²) < 4.78 is 0. The molecule has 0 unspecified atom stereocenters. The number of hydrogen-bond acceptors (Lipinski definition) is 4. The van der Waals surface area contributed by atoms with E-state index < -0.39 is 5.91 Å². The zero-order valence-electron chi connectivity index (χ0n) is 10.3. The van der Waals surface area contributed by atoms with Gasteiger partial charge in [-0.1, -0.05) is 0 Å². The van der Waals surface area contributed by atoms with Crippen LogP contribution in [0.2, 0.25) is 0 Å². The molecule has 0 aromatic heterocycles. The van der Waals surface area contributed by atoms with Gasteiger partial charge >= 0.3 is 0 Å². The van der Waals surface area contributed by atoms with Gasteiger partial charge in [0.1, 0.15) is 11.6 Å². The molecule has 0 aromatic carbocycles. The standard InChI is InChI=1S/C11H19ClN4O/c1-16(2)7-3-5-14-9-10(8-13)11(17)15-6-4-12/h9,14H,3-7H2,1-2H3,(H,15,17)/b10-9-. The average molecular weight is 259 g/mol. The Morgan fingerprint density at radius 2 is 2.18 bits per heavy atom. The molecule has 0 atom stereocenters. The van der Waals surface area contributed by atoms with Crippen molar-refractivity contribution in [3.05, 3.63) is 11.8 Å². The summed E-state index contributed by atoms with van der Waals surface area (Å²) >= 11 is 5.43. The molecule has 0 spiro atoms. The fraction of sp³-hybridized carbons (Fsp3) is 0.636. The molecule has 17 heavy (non-hydrogen) atoms. The van der Waals surface area contributed by atoms with E-state index in [2.05, 4.69) is 15.5 Å².